The third kappa shape index (κ3) is 3.86. The van der Waals surface area contributed by atoms with E-state index in [2.05, 4.69) is 30.3 Å². The van der Waals surface area contributed by atoms with E-state index >= 15 is 0 Å². The normalized spacial score (nSPS) is 14.0. The van der Waals surface area contributed by atoms with Crippen LogP contribution in [0.3, 0.4) is 0 Å². The van der Waals surface area contributed by atoms with Crippen LogP contribution in [0.2, 0.25) is 0 Å². The molecule has 1 aromatic carbocycles. The molecule has 0 saturated carbocycles. The van der Waals surface area contributed by atoms with Crippen LogP contribution in [-0.2, 0) is 11.3 Å². The van der Waals surface area contributed by atoms with Crippen LogP contribution in [0.5, 0.6) is 0 Å². The van der Waals surface area contributed by atoms with Crippen molar-refractivity contribution in [3.8, 4) is 0 Å². The van der Waals surface area contributed by atoms with Crippen molar-refractivity contribution in [2.75, 3.05) is 7.11 Å². The Hall–Kier alpha value is -1.12. The summed E-state index contributed by atoms with van der Waals surface area (Å²) in [4.78, 5) is 0. The lowest BCUT2D eigenvalue weighted by atomic mass is 10.1. The summed E-state index contributed by atoms with van der Waals surface area (Å²) in [6.45, 7) is 4.70. The molecule has 1 atom stereocenters. The minimum atomic E-state index is 0.114. The summed E-state index contributed by atoms with van der Waals surface area (Å²) in [6.07, 6.45) is 2.11. The van der Waals surface area contributed by atoms with Gasteiger partial charge in [0.05, 0.1) is 6.61 Å². The molecule has 1 aromatic rings. The summed E-state index contributed by atoms with van der Waals surface area (Å²) >= 11 is 0. The average Bonchev–Trinajstić information content (AvgIpc) is 2.21. The van der Waals surface area contributed by atoms with E-state index in [1.54, 1.807) is 7.11 Å². The molecular formula is C13H19NO. The fraction of sp³-hybridized carbons (Fsp3) is 0.385. The lowest BCUT2D eigenvalue weighted by Gasteiger charge is -2.05. The van der Waals surface area contributed by atoms with Crippen molar-refractivity contribution in [1.82, 2.24) is 0 Å². The number of hydrogen-bond acceptors (Lipinski definition) is 2. The van der Waals surface area contributed by atoms with Crippen molar-refractivity contribution in [3.05, 3.63) is 41.0 Å². The third-order valence-electron chi connectivity index (χ3n) is 2.40. The standard InChI is InChI=1S/C13H19NO/c1-10(11(2)14)8-12-4-6-13(7-5-12)9-15-3/h4-8,11H,9,14H2,1-3H3/b10-8-. The van der Waals surface area contributed by atoms with Gasteiger partial charge in [-0.05, 0) is 25.0 Å². The molecule has 0 fully saturated rings. The molecule has 2 nitrogen and oxygen atoms in total. The van der Waals surface area contributed by atoms with Gasteiger partial charge in [-0.1, -0.05) is 35.9 Å². The number of methoxy groups -OCH3 is 1. The highest BCUT2D eigenvalue weighted by molar-refractivity contribution is 5.53. The number of hydrogen-bond donors (Lipinski definition) is 1. The van der Waals surface area contributed by atoms with Crippen molar-refractivity contribution >= 4 is 6.08 Å². The van der Waals surface area contributed by atoms with Crippen LogP contribution < -0.4 is 5.73 Å². The Morgan fingerprint density at radius 2 is 2.00 bits per heavy atom. The van der Waals surface area contributed by atoms with Crippen molar-refractivity contribution in [3.63, 3.8) is 0 Å². The smallest absolute Gasteiger partial charge is 0.0713 e. The van der Waals surface area contributed by atoms with Gasteiger partial charge >= 0.3 is 0 Å². The minimum Gasteiger partial charge on any atom is -0.380 e. The first-order chi connectivity index (χ1) is 7.13. The fourth-order valence-electron chi connectivity index (χ4n) is 1.27. The molecule has 0 amide bonds. The van der Waals surface area contributed by atoms with Gasteiger partial charge in [-0.3, -0.25) is 0 Å². The molecule has 0 saturated heterocycles. The molecule has 2 heteroatoms. The Balaban J connectivity index is 2.76. The quantitative estimate of drug-likeness (QED) is 0.820. The lowest BCUT2D eigenvalue weighted by Crippen LogP contribution is -2.15. The van der Waals surface area contributed by atoms with Crippen LogP contribution in [0, 0.1) is 0 Å². The van der Waals surface area contributed by atoms with Gasteiger partial charge in [0.2, 0.25) is 0 Å². The van der Waals surface area contributed by atoms with Crippen LogP contribution in [0.1, 0.15) is 25.0 Å². The van der Waals surface area contributed by atoms with Gasteiger partial charge in [0, 0.05) is 13.2 Å². The zero-order chi connectivity index (χ0) is 11.3. The van der Waals surface area contributed by atoms with E-state index in [0.717, 1.165) is 0 Å². The Labute approximate surface area is 91.7 Å². The first-order valence-corrected chi connectivity index (χ1v) is 5.15. The van der Waals surface area contributed by atoms with Crippen LogP contribution in [0.25, 0.3) is 6.08 Å². The molecule has 0 aromatic heterocycles. The van der Waals surface area contributed by atoms with E-state index in [1.165, 1.54) is 16.7 Å². The van der Waals surface area contributed by atoms with Gasteiger partial charge in [0.1, 0.15) is 0 Å². The molecule has 0 heterocycles. The molecule has 1 rings (SSSR count). The molecule has 0 radical (unpaired) electrons. The third-order valence-corrected chi connectivity index (χ3v) is 2.40. The van der Waals surface area contributed by atoms with Crippen LogP contribution in [-0.4, -0.2) is 13.2 Å². The van der Waals surface area contributed by atoms with E-state index in [-0.39, 0.29) is 6.04 Å². The number of rotatable bonds is 4. The minimum absolute atomic E-state index is 0.114. The fourth-order valence-corrected chi connectivity index (χ4v) is 1.27. The van der Waals surface area contributed by atoms with Crippen LogP contribution in [0.4, 0.5) is 0 Å². The van der Waals surface area contributed by atoms with Gasteiger partial charge in [-0.2, -0.15) is 0 Å². The first kappa shape index (κ1) is 12.0. The van der Waals surface area contributed by atoms with Gasteiger partial charge in [-0.25, -0.2) is 0 Å². The van der Waals surface area contributed by atoms with Gasteiger partial charge in [0.15, 0.2) is 0 Å². The second-order valence-electron chi connectivity index (χ2n) is 3.85. The lowest BCUT2D eigenvalue weighted by molar-refractivity contribution is 0.185. The molecule has 2 N–H and O–H groups in total. The topological polar surface area (TPSA) is 35.2 Å². The Morgan fingerprint density at radius 1 is 1.40 bits per heavy atom. The average molecular weight is 205 g/mol. The number of benzene rings is 1. The second kappa shape index (κ2) is 5.69. The molecule has 0 aliphatic rings. The maximum absolute atomic E-state index is 5.77. The van der Waals surface area contributed by atoms with Crippen molar-refractivity contribution < 1.29 is 4.74 Å². The van der Waals surface area contributed by atoms with E-state index in [9.17, 15) is 0 Å². The van der Waals surface area contributed by atoms with Crippen molar-refractivity contribution in [1.29, 1.82) is 0 Å². The predicted octanol–water partition coefficient (Wildman–Crippen LogP) is 2.58. The van der Waals surface area contributed by atoms with E-state index in [1.807, 2.05) is 13.8 Å². The summed E-state index contributed by atoms with van der Waals surface area (Å²) in [5.41, 5.74) is 9.34. The maximum Gasteiger partial charge on any atom is 0.0713 e. The van der Waals surface area contributed by atoms with Gasteiger partial charge < -0.3 is 10.5 Å². The van der Waals surface area contributed by atoms with Crippen molar-refractivity contribution in [2.45, 2.75) is 26.5 Å². The number of ether oxygens (including phenoxy) is 1. The molecular weight excluding hydrogens is 186 g/mol. The Bertz CT molecular complexity index is 325. The van der Waals surface area contributed by atoms with Crippen LogP contribution in [0.15, 0.2) is 29.8 Å². The van der Waals surface area contributed by atoms with E-state index in [0.29, 0.717) is 6.61 Å². The Morgan fingerprint density at radius 3 is 2.47 bits per heavy atom. The zero-order valence-corrected chi connectivity index (χ0v) is 9.66. The molecule has 0 aliphatic heterocycles. The summed E-state index contributed by atoms with van der Waals surface area (Å²) in [6, 6.07) is 8.43. The van der Waals surface area contributed by atoms with E-state index < -0.39 is 0 Å². The molecule has 0 spiro atoms. The highest BCUT2D eigenvalue weighted by atomic mass is 16.5. The largest absolute Gasteiger partial charge is 0.380 e. The zero-order valence-electron chi connectivity index (χ0n) is 9.66. The molecule has 82 valence electrons. The van der Waals surface area contributed by atoms with E-state index in [4.69, 9.17) is 10.5 Å². The maximum atomic E-state index is 5.77. The summed E-state index contributed by atoms with van der Waals surface area (Å²) in [5, 5.41) is 0. The summed E-state index contributed by atoms with van der Waals surface area (Å²) < 4.78 is 5.05. The molecule has 0 bridgehead atoms. The van der Waals surface area contributed by atoms with Gasteiger partial charge in [0.25, 0.3) is 0 Å². The monoisotopic (exact) mass is 205 g/mol. The van der Waals surface area contributed by atoms with Crippen molar-refractivity contribution in [2.24, 2.45) is 5.73 Å². The van der Waals surface area contributed by atoms with Gasteiger partial charge in [-0.15, -0.1) is 0 Å². The first-order valence-electron chi connectivity index (χ1n) is 5.15. The number of nitrogens with two attached hydrogens (primary N) is 1. The summed E-state index contributed by atoms with van der Waals surface area (Å²) in [7, 11) is 1.70. The highest BCUT2D eigenvalue weighted by Crippen LogP contribution is 2.10. The van der Waals surface area contributed by atoms with Crippen LogP contribution >= 0.6 is 0 Å². The SMILES string of the molecule is COCc1ccc(/C=C(/C)C(C)N)cc1. The Kier molecular flexibility index (Phi) is 4.53. The highest BCUT2D eigenvalue weighted by Gasteiger charge is 1.97. The molecule has 15 heavy (non-hydrogen) atoms. The predicted molar refractivity (Wildman–Crippen MR) is 64.5 cm³/mol. The molecule has 1 unspecified atom stereocenters. The summed E-state index contributed by atoms with van der Waals surface area (Å²) in [5.74, 6) is 0. The molecule has 0 aliphatic carbocycles. The second-order valence-corrected chi connectivity index (χ2v) is 3.85.